The van der Waals surface area contributed by atoms with Crippen molar-refractivity contribution in [1.29, 1.82) is 0 Å². The number of benzene rings is 1. The fourth-order valence-corrected chi connectivity index (χ4v) is 0.999. The van der Waals surface area contributed by atoms with Crippen LogP contribution in [-0.4, -0.2) is 7.11 Å². The molecule has 0 saturated carbocycles. The quantitative estimate of drug-likeness (QED) is 0.673. The van der Waals surface area contributed by atoms with E-state index in [-0.39, 0.29) is 11.6 Å². The predicted octanol–water partition coefficient (Wildman–Crippen LogP) is 2.26. The van der Waals surface area contributed by atoms with Crippen molar-refractivity contribution in [3.05, 3.63) is 29.6 Å². The Kier molecular flexibility index (Phi) is 2.76. The topological polar surface area (TPSA) is 9.23 Å². The lowest BCUT2D eigenvalue weighted by molar-refractivity contribution is 0.386. The van der Waals surface area contributed by atoms with E-state index in [1.54, 1.807) is 12.1 Å². The molecule has 60 valence electrons. The molecule has 0 spiro atoms. The van der Waals surface area contributed by atoms with E-state index in [0.717, 1.165) is 5.56 Å². The molecule has 0 fully saturated rings. The fraction of sp³-hybridized carbons (Fsp3) is 0.250. The Morgan fingerprint density at radius 3 is 2.82 bits per heavy atom. The van der Waals surface area contributed by atoms with E-state index >= 15 is 0 Å². The van der Waals surface area contributed by atoms with Crippen LogP contribution in [0.2, 0.25) is 0 Å². The zero-order valence-electron chi connectivity index (χ0n) is 6.17. The maximum absolute atomic E-state index is 12.8. The van der Waals surface area contributed by atoms with Crippen LogP contribution in [0.4, 0.5) is 4.39 Å². The summed E-state index contributed by atoms with van der Waals surface area (Å²) in [7, 11) is 1.45. The molecule has 1 aromatic rings. The van der Waals surface area contributed by atoms with Crippen molar-refractivity contribution >= 4 is 12.6 Å². The van der Waals surface area contributed by atoms with Gasteiger partial charge < -0.3 is 4.74 Å². The molecule has 0 aliphatic rings. The number of rotatable bonds is 2. The van der Waals surface area contributed by atoms with Gasteiger partial charge in [-0.1, -0.05) is 6.07 Å². The van der Waals surface area contributed by atoms with Gasteiger partial charge in [0, 0.05) is 5.75 Å². The van der Waals surface area contributed by atoms with E-state index < -0.39 is 0 Å². The Labute approximate surface area is 70.6 Å². The van der Waals surface area contributed by atoms with Crippen LogP contribution in [0.1, 0.15) is 5.56 Å². The normalized spacial score (nSPS) is 9.73. The summed E-state index contributed by atoms with van der Waals surface area (Å²) in [4.78, 5) is 0. The summed E-state index contributed by atoms with van der Waals surface area (Å²) in [5.41, 5.74) is 0.951. The first-order valence-corrected chi connectivity index (χ1v) is 3.84. The average Bonchev–Trinajstić information content (AvgIpc) is 2.05. The number of halogens is 1. The molecule has 1 nitrogen and oxygen atoms in total. The number of ether oxygens (including phenoxy) is 1. The fourth-order valence-electron chi connectivity index (χ4n) is 0.803. The first kappa shape index (κ1) is 8.40. The largest absolute Gasteiger partial charge is 0.494 e. The lowest BCUT2D eigenvalue weighted by Crippen LogP contribution is -1.89. The highest BCUT2D eigenvalue weighted by Gasteiger charge is 2.01. The minimum Gasteiger partial charge on any atom is -0.494 e. The van der Waals surface area contributed by atoms with Gasteiger partial charge in [0.25, 0.3) is 0 Å². The van der Waals surface area contributed by atoms with Crippen LogP contribution in [-0.2, 0) is 5.75 Å². The molecule has 1 rings (SSSR count). The third kappa shape index (κ3) is 1.87. The molecule has 1 aromatic carbocycles. The average molecular weight is 172 g/mol. The molecule has 3 heteroatoms. The number of hydrogen-bond donors (Lipinski definition) is 1. The minimum absolute atomic E-state index is 0.275. The summed E-state index contributed by atoms with van der Waals surface area (Å²) in [6.45, 7) is 0. The summed E-state index contributed by atoms with van der Waals surface area (Å²) in [5, 5.41) is 0. The molecule has 0 amide bonds. The summed E-state index contributed by atoms with van der Waals surface area (Å²) in [6, 6.07) is 4.71. The van der Waals surface area contributed by atoms with Crippen molar-refractivity contribution in [2.75, 3.05) is 7.11 Å². The van der Waals surface area contributed by atoms with Gasteiger partial charge in [0.1, 0.15) is 0 Å². The second-order valence-electron chi connectivity index (χ2n) is 2.13. The van der Waals surface area contributed by atoms with Crippen molar-refractivity contribution in [2.45, 2.75) is 5.75 Å². The highest BCUT2D eigenvalue weighted by molar-refractivity contribution is 7.79. The van der Waals surface area contributed by atoms with Crippen LogP contribution in [0.15, 0.2) is 18.2 Å². The highest BCUT2D eigenvalue weighted by atomic mass is 32.1. The monoisotopic (exact) mass is 172 g/mol. The molecule has 0 atom stereocenters. The molecular formula is C8H9FOS. The zero-order chi connectivity index (χ0) is 8.27. The second kappa shape index (κ2) is 3.62. The van der Waals surface area contributed by atoms with Crippen molar-refractivity contribution < 1.29 is 9.13 Å². The van der Waals surface area contributed by atoms with E-state index in [9.17, 15) is 4.39 Å². The Morgan fingerprint density at radius 2 is 2.27 bits per heavy atom. The maximum atomic E-state index is 12.8. The molecule has 0 radical (unpaired) electrons. The first-order chi connectivity index (χ1) is 5.27. The van der Waals surface area contributed by atoms with Gasteiger partial charge in [0.05, 0.1) is 7.11 Å². The van der Waals surface area contributed by atoms with E-state index in [0.29, 0.717) is 5.75 Å². The molecule has 0 N–H and O–H groups in total. The summed E-state index contributed by atoms with van der Waals surface area (Å²) >= 11 is 4.05. The van der Waals surface area contributed by atoms with E-state index in [4.69, 9.17) is 4.74 Å². The SMILES string of the molecule is COc1cc(CS)ccc1F. The molecule has 0 aliphatic carbocycles. The molecule has 0 unspecified atom stereocenters. The molecule has 0 saturated heterocycles. The summed E-state index contributed by atoms with van der Waals surface area (Å²) in [6.07, 6.45) is 0. The second-order valence-corrected chi connectivity index (χ2v) is 2.44. The van der Waals surface area contributed by atoms with Crippen LogP contribution in [0.5, 0.6) is 5.75 Å². The number of thiol groups is 1. The molecule has 0 heterocycles. The van der Waals surface area contributed by atoms with Crippen molar-refractivity contribution in [2.24, 2.45) is 0 Å². The Balaban J connectivity index is 3.02. The smallest absolute Gasteiger partial charge is 0.165 e. The number of hydrogen-bond acceptors (Lipinski definition) is 2. The van der Waals surface area contributed by atoms with E-state index in [2.05, 4.69) is 12.6 Å². The van der Waals surface area contributed by atoms with Gasteiger partial charge in [-0.2, -0.15) is 12.6 Å². The van der Waals surface area contributed by atoms with Crippen LogP contribution in [0.25, 0.3) is 0 Å². The summed E-state index contributed by atoms with van der Waals surface area (Å²) in [5.74, 6) is 0.533. The van der Waals surface area contributed by atoms with Gasteiger partial charge in [0.2, 0.25) is 0 Å². The third-order valence-electron chi connectivity index (χ3n) is 1.40. The van der Waals surface area contributed by atoms with Crippen LogP contribution >= 0.6 is 12.6 Å². The van der Waals surface area contributed by atoms with Gasteiger partial charge in [-0.3, -0.25) is 0 Å². The van der Waals surface area contributed by atoms with Crippen LogP contribution in [0.3, 0.4) is 0 Å². The lowest BCUT2D eigenvalue weighted by Gasteiger charge is -2.02. The van der Waals surface area contributed by atoms with Gasteiger partial charge >= 0.3 is 0 Å². The zero-order valence-corrected chi connectivity index (χ0v) is 7.07. The third-order valence-corrected chi connectivity index (χ3v) is 1.76. The molecule has 0 aliphatic heterocycles. The van der Waals surface area contributed by atoms with Gasteiger partial charge in [-0.15, -0.1) is 0 Å². The van der Waals surface area contributed by atoms with Crippen molar-refractivity contribution in [1.82, 2.24) is 0 Å². The van der Waals surface area contributed by atoms with Gasteiger partial charge in [-0.05, 0) is 17.7 Å². The van der Waals surface area contributed by atoms with E-state index in [1.165, 1.54) is 13.2 Å². The Hall–Kier alpha value is -0.700. The minimum atomic E-state index is -0.335. The first-order valence-electron chi connectivity index (χ1n) is 3.21. The standard InChI is InChI=1S/C8H9FOS/c1-10-8-4-6(5-11)2-3-7(8)9/h2-4,11H,5H2,1H3. The number of methoxy groups -OCH3 is 1. The molecular weight excluding hydrogens is 163 g/mol. The van der Waals surface area contributed by atoms with Gasteiger partial charge in [0.15, 0.2) is 11.6 Å². The highest BCUT2D eigenvalue weighted by Crippen LogP contribution is 2.18. The van der Waals surface area contributed by atoms with Crippen molar-refractivity contribution in [3.8, 4) is 5.75 Å². The van der Waals surface area contributed by atoms with Crippen molar-refractivity contribution in [3.63, 3.8) is 0 Å². The predicted molar refractivity (Wildman–Crippen MR) is 45.6 cm³/mol. The molecule has 0 aromatic heterocycles. The molecule has 0 bridgehead atoms. The maximum Gasteiger partial charge on any atom is 0.165 e. The van der Waals surface area contributed by atoms with Gasteiger partial charge in [-0.25, -0.2) is 4.39 Å². The lowest BCUT2D eigenvalue weighted by atomic mass is 10.2. The summed E-state index contributed by atoms with van der Waals surface area (Å²) < 4.78 is 17.5. The Bertz CT molecular complexity index is 250. The van der Waals surface area contributed by atoms with Crippen LogP contribution < -0.4 is 4.74 Å². The molecule has 11 heavy (non-hydrogen) atoms. The van der Waals surface area contributed by atoms with E-state index in [1.807, 2.05) is 0 Å². The van der Waals surface area contributed by atoms with Crippen LogP contribution in [0, 0.1) is 5.82 Å². The Morgan fingerprint density at radius 1 is 1.55 bits per heavy atom.